The van der Waals surface area contributed by atoms with Gasteiger partial charge in [0.25, 0.3) is 0 Å². The average Bonchev–Trinajstić information content (AvgIpc) is 2.68. The number of carbonyl (C=O) groups excluding carboxylic acids is 1. The molecule has 0 spiro atoms. The van der Waals surface area contributed by atoms with Crippen molar-refractivity contribution in [2.45, 2.75) is 31.6 Å². The lowest BCUT2D eigenvalue weighted by atomic mass is 9.60. The second-order valence-corrected chi connectivity index (χ2v) is 6.86. The SMILES string of the molecule is CCC(=O)C(c1cc(F)ccc1F)(c1cc(F)ccc1F)C1CCNCC1. The summed E-state index contributed by atoms with van der Waals surface area (Å²) in [5, 5.41) is 3.15. The summed E-state index contributed by atoms with van der Waals surface area (Å²) in [5.74, 6) is -4.01. The average molecular weight is 379 g/mol. The maximum absolute atomic E-state index is 14.9. The molecular weight excluding hydrogens is 358 g/mol. The van der Waals surface area contributed by atoms with E-state index in [1.54, 1.807) is 6.92 Å². The van der Waals surface area contributed by atoms with Gasteiger partial charge in [0.05, 0.1) is 5.41 Å². The predicted octanol–water partition coefficient (Wildman–Crippen LogP) is 4.51. The molecule has 27 heavy (non-hydrogen) atoms. The third-order valence-corrected chi connectivity index (χ3v) is 5.42. The van der Waals surface area contributed by atoms with Gasteiger partial charge in [-0.2, -0.15) is 0 Å². The van der Waals surface area contributed by atoms with Crippen molar-refractivity contribution in [3.8, 4) is 0 Å². The van der Waals surface area contributed by atoms with Crippen LogP contribution in [0.4, 0.5) is 17.6 Å². The fourth-order valence-corrected chi connectivity index (χ4v) is 4.25. The number of nitrogens with one attached hydrogen (secondary N) is 1. The minimum atomic E-state index is -1.78. The maximum atomic E-state index is 14.9. The van der Waals surface area contributed by atoms with E-state index in [1.807, 2.05) is 0 Å². The van der Waals surface area contributed by atoms with E-state index in [9.17, 15) is 22.4 Å². The second-order valence-electron chi connectivity index (χ2n) is 6.86. The molecule has 1 aliphatic rings. The van der Waals surface area contributed by atoms with E-state index in [2.05, 4.69) is 5.32 Å². The Bertz CT molecular complexity index is 795. The molecule has 1 N–H and O–H groups in total. The second kappa shape index (κ2) is 7.80. The van der Waals surface area contributed by atoms with E-state index >= 15 is 0 Å². The van der Waals surface area contributed by atoms with Crippen LogP contribution in [-0.2, 0) is 10.2 Å². The van der Waals surface area contributed by atoms with Crippen LogP contribution in [0.25, 0.3) is 0 Å². The maximum Gasteiger partial charge on any atom is 0.148 e. The zero-order valence-corrected chi connectivity index (χ0v) is 15.0. The Morgan fingerprint density at radius 3 is 1.89 bits per heavy atom. The van der Waals surface area contributed by atoms with Gasteiger partial charge in [-0.3, -0.25) is 4.79 Å². The summed E-state index contributed by atoms with van der Waals surface area (Å²) in [6, 6.07) is 5.64. The molecule has 0 unspecified atom stereocenters. The number of benzene rings is 2. The van der Waals surface area contributed by atoms with Crippen LogP contribution in [0.15, 0.2) is 36.4 Å². The number of halogens is 4. The van der Waals surface area contributed by atoms with Crippen LogP contribution in [0, 0.1) is 29.2 Å². The molecule has 2 aromatic carbocycles. The van der Waals surface area contributed by atoms with Crippen molar-refractivity contribution < 1.29 is 22.4 Å². The Morgan fingerprint density at radius 2 is 1.44 bits per heavy atom. The highest BCUT2D eigenvalue weighted by molar-refractivity contribution is 5.94. The number of rotatable bonds is 5. The van der Waals surface area contributed by atoms with Crippen LogP contribution in [0.1, 0.15) is 37.3 Å². The molecule has 1 aliphatic heterocycles. The molecule has 144 valence electrons. The van der Waals surface area contributed by atoms with E-state index in [1.165, 1.54) is 0 Å². The van der Waals surface area contributed by atoms with Gasteiger partial charge in [-0.05, 0) is 68.2 Å². The molecule has 0 amide bonds. The van der Waals surface area contributed by atoms with Crippen LogP contribution in [-0.4, -0.2) is 18.9 Å². The van der Waals surface area contributed by atoms with Gasteiger partial charge in [0, 0.05) is 17.5 Å². The largest absolute Gasteiger partial charge is 0.317 e. The number of ketones is 1. The summed E-state index contributed by atoms with van der Waals surface area (Å²) in [5.41, 5.74) is -2.24. The van der Waals surface area contributed by atoms with E-state index in [4.69, 9.17) is 0 Å². The van der Waals surface area contributed by atoms with Crippen molar-refractivity contribution in [1.82, 2.24) is 5.32 Å². The first-order valence-corrected chi connectivity index (χ1v) is 9.06. The molecule has 0 bridgehead atoms. The molecule has 0 saturated carbocycles. The van der Waals surface area contributed by atoms with E-state index in [0.717, 1.165) is 36.4 Å². The van der Waals surface area contributed by atoms with Crippen LogP contribution in [0.3, 0.4) is 0 Å². The van der Waals surface area contributed by atoms with E-state index in [0.29, 0.717) is 25.9 Å². The first-order valence-electron chi connectivity index (χ1n) is 9.06. The first kappa shape index (κ1) is 19.5. The molecule has 1 heterocycles. The predicted molar refractivity (Wildman–Crippen MR) is 94.4 cm³/mol. The van der Waals surface area contributed by atoms with Gasteiger partial charge >= 0.3 is 0 Å². The smallest absolute Gasteiger partial charge is 0.148 e. The van der Waals surface area contributed by atoms with Gasteiger partial charge in [0.2, 0.25) is 0 Å². The summed E-state index contributed by atoms with van der Waals surface area (Å²) in [6.45, 7) is 2.70. The monoisotopic (exact) mass is 379 g/mol. The summed E-state index contributed by atoms with van der Waals surface area (Å²) >= 11 is 0. The van der Waals surface area contributed by atoms with Crippen LogP contribution >= 0.6 is 0 Å². The Morgan fingerprint density at radius 1 is 0.963 bits per heavy atom. The molecule has 1 saturated heterocycles. The summed E-state index contributed by atoms with van der Waals surface area (Å²) in [7, 11) is 0. The van der Waals surface area contributed by atoms with Crippen molar-refractivity contribution in [3.05, 3.63) is 70.8 Å². The standard InChI is InChI=1S/C21H21F4NO/c1-2-20(27)21(13-7-9-26-10-8-13,16-11-14(22)3-5-18(16)24)17-12-15(23)4-6-19(17)25/h3-6,11-13,26H,2,7-10H2,1H3. The van der Waals surface area contributed by atoms with Crippen LogP contribution < -0.4 is 5.32 Å². The molecule has 3 rings (SSSR count). The summed E-state index contributed by atoms with van der Waals surface area (Å²) < 4.78 is 57.9. The molecule has 0 radical (unpaired) electrons. The van der Waals surface area contributed by atoms with Crippen molar-refractivity contribution in [3.63, 3.8) is 0 Å². The number of carbonyl (C=O) groups is 1. The lowest BCUT2D eigenvalue weighted by molar-refractivity contribution is -0.125. The molecule has 0 atom stereocenters. The van der Waals surface area contributed by atoms with Gasteiger partial charge in [0.15, 0.2) is 0 Å². The van der Waals surface area contributed by atoms with Gasteiger partial charge in [-0.1, -0.05) is 6.92 Å². The highest BCUT2D eigenvalue weighted by Gasteiger charge is 2.50. The molecular formula is C21H21F4NO. The van der Waals surface area contributed by atoms with Gasteiger partial charge < -0.3 is 5.32 Å². The van der Waals surface area contributed by atoms with Crippen molar-refractivity contribution >= 4 is 5.78 Å². The van der Waals surface area contributed by atoms with Crippen molar-refractivity contribution in [1.29, 1.82) is 0 Å². The minimum absolute atomic E-state index is 0.0180. The summed E-state index contributed by atoms with van der Waals surface area (Å²) in [4.78, 5) is 13.3. The Balaban J connectivity index is 2.40. The fraction of sp³-hybridized carbons (Fsp3) is 0.381. The quantitative estimate of drug-likeness (QED) is 0.775. The van der Waals surface area contributed by atoms with Crippen LogP contribution in [0.2, 0.25) is 0 Å². The topological polar surface area (TPSA) is 29.1 Å². The Hall–Kier alpha value is -2.21. The number of hydrogen-bond acceptors (Lipinski definition) is 2. The molecule has 0 aliphatic carbocycles. The van der Waals surface area contributed by atoms with Crippen LogP contribution in [0.5, 0.6) is 0 Å². The highest BCUT2D eigenvalue weighted by Crippen LogP contribution is 2.47. The van der Waals surface area contributed by atoms with Gasteiger partial charge in [-0.15, -0.1) is 0 Å². The summed E-state index contributed by atoms with van der Waals surface area (Å²) in [6.07, 6.45) is 0.894. The third kappa shape index (κ3) is 3.38. The zero-order chi connectivity index (χ0) is 19.6. The number of hydrogen-bond donors (Lipinski definition) is 1. The zero-order valence-electron chi connectivity index (χ0n) is 15.0. The fourth-order valence-electron chi connectivity index (χ4n) is 4.25. The van der Waals surface area contributed by atoms with Gasteiger partial charge in [0.1, 0.15) is 29.1 Å². The lowest BCUT2D eigenvalue weighted by Crippen LogP contribution is -2.49. The van der Waals surface area contributed by atoms with E-state index in [-0.39, 0.29) is 17.5 Å². The molecule has 2 nitrogen and oxygen atoms in total. The Kier molecular flexibility index (Phi) is 5.65. The molecule has 2 aromatic rings. The van der Waals surface area contributed by atoms with E-state index < -0.39 is 40.4 Å². The van der Waals surface area contributed by atoms with Crippen molar-refractivity contribution in [2.75, 3.05) is 13.1 Å². The molecule has 6 heteroatoms. The highest BCUT2D eigenvalue weighted by atomic mass is 19.1. The third-order valence-electron chi connectivity index (χ3n) is 5.42. The molecule has 1 fully saturated rings. The number of piperidine rings is 1. The Labute approximate surface area is 155 Å². The normalized spacial score (nSPS) is 15.7. The number of Topliss-reactive ketones (excluding diaryl/α,β-unsaturated/α-hetero) is 1. The molecule has 0 aromatic heterocycles. The van der Waals surface area contributed by atoms with Gasteiger partial charge in [-0.25, -0.2) is 17.6 Å². The lowest BCUT2D eigenvalue weighted by Gasteiger charge is -2.43. The minimum Gasteiger partial charge on any atom is -0.317 e. The van der Waals surface area contributed by atoms with Crippen molar-refractivity contribution in [2.24, 2.45) is 5.92 Å². The first-order chi connectivity index (χ1) is 12.9.